The molecule has 0 bridgehead atoms. The number of carbonyl (C=O) groups is 3. The average molecular weight is 267 g/mol. The molecule has 0 fully saturated rings. The Morgan fingerprint density at radius 3 is 1.86 bits per heavy atom. The molecule has 0 aromatic heterocycles. The number of hydrogen-bond acceptors (Lipinski definition) is 5. The van der Waals surface area contributed by atoms with Crippen LogP contribution < -0.4 is 0 Å². The van der Waals surface area contributed by atoms with Crippen molar-refractivity contribution in [2.45, 2.75) is 33.0 Å². The third-order valence-electron chi connectivity index (χ3n) is 1.17. The molecule has 0 aromatic rings. The zero-order valence-corrected chi connectivity index (χ0v) is 9.50. The fourth-order valence-electron chi connectivity index (χ4n) is 0.743. The highest BCUT2D eigenvalue weighted by atomic mass is 79.9. The maximum atomic E-state index is 10.6. The summed E-state index contributed by atoms with van der Waals surface area (Å²) in [5, 5.41) is 0. The van der Waals surface area contributed by atoms with E-state index in [0.717, 1.165) is 0 Å². The maximum Gasteiger partial charge on any atom is 0.305 e. The quantitative estimate of drug-likeness (QED) is 0.424. The molecular weight excluding hydrogens is 256 g/mol. The molecule has 0 spiro atoms. The lowest BCUT2D eigenvalue weighted by Crippen LogP contribution is -2.22. The monoisotopic (exact) mass is 266 g/mol. The van der Waals surface area contributed by atoms with E-state index in [9.17, 15) is 14.4 Å². The fraction of sp³-hybridized carbons (Fsp3) is 0.625. The van der Waals surface area contributed by atoms with E-state index in [1.54, 1.807) is 0 Å². The molecule has 0 aromatic carbocycles. The van der Waals surface area contributed by atoms with Crippen LogP contribution in [0.2, 0.25) is 0 Å². The Balaban J connectivity index is 4.03. The zero-order chi connectivity index (χ0) is 11.1. The SMILES string of the molecule is CC(=O)OC(CCC(=O)Br)OC(C)=O. The zero-order valence-electron chi connectivity index (χ0n) is 7.91. The number of carbonyl (C=O) groups excluding carboxylic acids is 3. The van der Waals surface area contributed by atoms with E-state index in [0.29, 0.717) is 0 Å². The lowest BCUT2D eigenvalue weighted by Gasteiger charge is -2.15. The molecule has 0 N–H and O–H groups in total. The van der Waals surface area contributed by atoms with Gasteiger partial charge in [-0.3, -0.25) is 14.4 Å². The van der Waals surface area contributed by atoms with Crippen LogP contribution in [0.25, 0.3) is 0 Å². The first-order valence-electron chi connectivity index (χ1n) is 3.94. The highest BCUT2D eigenvalue weighted by Crippen LogP contribution is 2.07. The van der Waals surface area contributed by atoms with E-state index in [1.807, 2.05) is 0 Å². The van der Waals surface area contributed by atoms with Crippen LogP contribution in [0.3, 0.4) is 0 Å². The molecule has 0 saturated carbocycles. The summed E-state index contributed by atoms with van der Waals surface area (Å²) in [4.78, 5) is 31.7. The second-order valence-electron chi connectivity index (χ2n) is 2.54. The molecule has 5 nitrogen and oxygen atoms in total. The van der Waals surface area contributed by atoms with Crippen LogP contribution in [-0.4, -0.2) is 22.9 Å². The van der Waals surface area contributed by atoms with Crippen LogP contribution in [0.15, 0.2) is 0 Å². The predicted molar refractivity (Wildman–Crippen MR) is 50.5 cm³/mol. The summed E-state index contributed by atoms with van der Waals surface area (Å²) in [7, 11) is 0. The van der Waals surface area contributed by atoms with Gasteiger partial charge in [0.25, 0.3) is 0 Å². The van der Waals surface area contributed by atoms with Crippen molar-refractivity contribution < 1.29 is 23.9 Å². The Hall–Kier alpha value is -0.910. The summed E-state index contributed by atoms with van der Waals surface area (Å²) in [5.41, 5.74) is 0. The van der Waals surface area contributed by atoms with E-state index in [1.165, 1.54) is 13.8 Å². The number of rotatable bonds is 5. The van der Waals surface area contributed by atoms with E-state index in [-0.39, 0.29) is 17.5 Å². The summed E-state index contributed by atoms with van der Waals surface area (Å²) in [5.74, 6) is -1.11. The highest BCUT2D eigenvalue weighted by molar-refractivity contribution is 9.18. The van der Waals surface area contributed by atoms with Gasteiger partial charge < -0.3 is 9.47 Å². The Bertz CT molecular complexity index is 222. The van der Waals surface area contributed by atoms with Crippen molar-refractivity contribution in [3.05, 3.63) is 0 Å². The lowest BCUT2D eigenvalue weighted by molar-refractivity contribution is -0.186. The van der Waals surface area contributed by atoms with Crippen molar-refractivity contribution in [2.75, 3.05) is 0 Å². The van der Waals surface area contributed by atoms with Gasteiger partial charge in [0.15, 0.2) is 4.69 Å². The molecule has 0 amide bonds. The summed E-state index contributed by atoms with van der Waals surface area (Å²) >= 11 is 2.72. The summed E-state index contributed by atoms with van der Waals surface area (Å²) in [6, 6.07) is 0. The second-order valence-corrected chi connectivity index (χ2v) is 3.43. The van der Waals surface area contributed by atoms with Gasteiger partial charge in [-0.25, -0.2) is 0 Å². The van der Waals surface area contributed by atoms with Gasteiger partial charge in [-0.05, 0) is 15.9 Å². The van der Waals surface area contributed by atoms with Crippen LogP contribution in [0.5, 0.6) is 0 Å². The van der Waals surface area contributed by atoms with Crippen LogP contribution in [0.1, 0.15) is 26.7 Å². The first kappa shape index (κ1) is 13.1. The summed E-state index contributed by atoms with van der Waals surface area (Å²) < 4.78 is 9.08. The van der Waals surface area contributed by atoms with E-state index >= 15 is 0 Å². The van der Waals surface area contributed by atoms with E-state index < -0.39 is 18.2 Å². The Morgan fingerprint density at radius 2 is 1.57 bits per heavy atom. The summed E-state index contributed by atoms with van der Waals surface area (Å²) in [6.07, 6.45) is -0.694. The Kier molecular flexibility index (Phi) is 6.11. The smallest absolute Gasteiger partial charge is 0.305 e. The van der Waals surface area contributed by atoms with Gasteiger partial charge in [-0.1, -0.05) is 0 Å². The van der Waals surface area contributed by atoms with Crippen molar-refractivity contribution >= 4 is 32.6 Å². The standard InChI is InChI=1S/C8H11BrO5/c1-5(10)13-8(14-6(2)11)4-3-7(9)12/h8H,3-4H2,1-2H3. The molecular formula is C8H11BrO5. The molecule has 0 aliphatic heterocycles. The van der Waals surface area contributed by atoms with Gasteiger partial charge in [0, 0.05) is 26.7 Å². The maximum absolute atomic E-state index is 10.6. The molecule has 0 rings (SSSR count). The van der Waals surface area contributed by atoms with Crippen molar-refractivity contribution in [2.24, 2.45) is 0 Å². The number of hydrogen-bond donors (Lipinski definition) is 0. The van der Waals surface area contributed by atoms with Crippen LogP contribution >= 0.6 is 15.9 Å². The molecule has 6 heteroatoms. The molecule has 80 valence electrons. The van der Waals surface area contributed by atoms with Crippen molar-refractivity contribution in [3.8, 4) is 0 Å². The second kappa shape index (κ2) is 6.53. The molecule has 0 aliphatic carbocycles. The minimum atomic E-state index is -0.980. The number of esters is 2. The molecule has 0 atom stereocenters. The molecule has 0 radical (unpaired) electrons. The predicted octanol–water partition coefficient (Wildman–Crippen LogP) is 1.14. The van der Waals surface area contributed by atoms with Gasteiger partial charge in [0.1, 0.15) is 0 Å². The fourth-order valence-corrected chi connectivity index (χ4v) is 0.972. The first-order valence-corrected chi connectivity index (χ1v) is 4.74. The van der Waals surface area contributed by atoms with Gasteiger partial charge in [-0.15, -0.1) is 0 Å². The first-order chi connectivity index (χ1) is 6.41. The molecule has 0 aliphatic rings. The van der Waals surface area contributed by atoms with Gasteiger partial charge in [0.05, 0.1) is 0 Å². The van der Waals surface area contributed by atoms with E-state index in [2.05, 4.69) is 25.4 Å². The third kappa shape index (κ3) is 7.72. The van der Waals surface area contributed by atoms with Crippen molar-refractivity contribution in [3.63, 3.8) is 0 Å². The van der Waals surface area contributed by atoms with Crippen LogP contribution in [0, 0.1) is 0 Å². The van der Waals surface area contributed by atoms with Gasteiger partial charge in [-0.2, -0.15) is 0 Å². The lowest BCUT2D eigenvalue weighted by atomic mass is 10.3. The van der Waals surface area contributed by atoms with Crippen LogP contribution in [0.4, 0.5) is 0 Å². The van der Waals surface area contributed by atoms with E-state index in [4.69, 9.17) is 0 Å². The topological polar surface area (TPSA) is 69.7 Å². The number of ether oxygens (including phenoxy) is 2. The van der Waals surface area contributed by atoms with Crippen molar-refractivity contribution in [1.82, 2.24) is 0 Å². The largest absolute Gasteiger partial charge is 0.425 e. The molecule has 14 heavy (non-hydrogen) atoms. The minimum Gasteiger partial charge on any atom is -0.425 e. The number of halogens is 1. The minimum absolute atomic E-state index is 0.130. The average Bonchev–Trinajstić information content (AvgIpc) is 1.97. The molecule has 0 unspecified atom stereocenters. The van der Waals surface area contributed by atoms with Crippen molar-refractivity contribution in [1.29, 1.82) is 0 Å². The Labute approximate surface area is 89.9 Å². The normalized spacial score (nSPS) is 9.71. The molecule has 0 heterocycles. The van der Waals surface area contributed by atoms with Gasteiger partial charge in [0.2, 0.25) is 6.29 Å². The molecule has 0 saturated heterocycles. The van der Waals surface area contributed by atoms with Crippen LogP contribution in [-0.2, 0) is 23.9 Å². The third-order valence-corrected chi connectivity index (χ3v) is 1.57. The Morgan fingerprint density at radius 1 is 1.14 bits per heavy atom. The summed E-state index contributed by atoms with van der Waals surface area (Å²) in [6.45, 7) is 2.40. The van der Waals surface area contributed by atoms with Gasteiger partial charge >= 0.3 is 11.9 Å². The highest BCUT2D eigenvalue weighted by Gasteiger charge is 2.15.